The van der Waals surface area contributed by atoms with Crippen molar-refractivity contribution in [1.29, 1.82) is 0 Å². The van der Waals surface area contributed by atoms with Gasteiger partial charge in [0, 0.05) is 11.3 Å². The Morgan fingerprint density at radius 2 is 1.90 bits per heavy atom. The lowest BCUT2D eigenvalue weighted by atomic mass is 9.45. The maximum absolute atomic E-state index is 12.6. The second kappa shape index (κ2) is 3.93. The van der Waals surface area contributed by atoms with E-state index in [0.717, 1.165) is 24.2 Å². The van der Waals surface area contributed by atoms with Gasteiger partial charge in [0.25, 0.3) is 0 Å². The molecule has 0 aromatic carbocycles. The molecule has 1 aliphatic heterocycles. The number of carbonyl (C=O) groups is 1. The van der Waals surface area contributed by atoms with Crippen LogP contribution in [-0.4, -0.2) is 18.0 Å². The topological polar surface area (TPSA) is 29.6 Å². The highest BCUT2D eigenvalue weighted by Gasteiger charge is 2.72. The van der Waals surface area contributed by atoms with Crippen molar-refractivity contribution in [3.8, 4) is 0 Å². The molecule has 0 aromatic heterocycles. The molecule has 0 aromatic rings. The molecule has 0 bridgehead atoms. The molecule has 21 heavy (non-hydrogen) atoms. The van der Waals surface area contributed by atoms with Gasteiger partial charge in [0.05, 0.1) is 6.10 Å². The Bertz CT molecular complexity index is 500. The minimum atomic E-state index is -0.0351. The van der Waals surface area contributed by atoms with Gasteiger partial charge in [0.2, 0.25) is 0 Å². The van der Waals surface area contributed by atoms with Crippen molar-refractivity contribution >= 4 is 5.78 Å². The maximum atomic E-state index is 12.6. The number of carbonyl (C=O) groups excluding carboxylic acids is 1. The van der Waals surface area contributed by atoms with Crippen LogP contribution >= 0.6 is 0 Å². The van der Waals surface area contributed by atoms with Crippen LogP contribution in [-0.2, 0) is 9.53 Å². The fourth-order valence-electron chi connectivity index (χ4n) is 7.37. The molecule has 0 amide bonds. The van der Waals surface area contributed by atoms with Crippen LogP contribution in [0.25, 0.3) is 0 Å². The maximum Gasteiger partial charge on any atom is 0.170 e. The molecule has 2 nitrogen and oxygen atoms in total. The molecule has 5 rings (SSSR count). The molecule has 8 atom stereocenters. The van der Waals surface area contributed by atoms with Crippen LogP contribution in [0.4, 0.5) is 0 Å². The smallest absolute Gasteiger partial charge is 0.170 e. The van der Waals surface area contributed by atoms with Crippen LogP contribution in [0.2, 0.25) is 0 Å². The first-order valence-corrected chi connectivity index (χ1v) is 9.25. The summed E-state index contributed by atoms with van der Waals surface area (Å²) in [5.41, 5.74) is 0.533. The summed E-state index contributed by atoms with van der Waals surface area (Å²) in [5.74, 6) is 3.60. The van der Waals surface area contributed by atoms with Crippen LogP contribution in [0.1, 0.15) is 65.2 Å². The van der Waals surface area contributed by atoms with Gasteiger partial charge >= 0.3 is 0 Å². The third-order valence-corrected chi connectivity index (χ3v) is 8.54. The quantitative estimate of drug-likeness (QED) is 0.631. The summed E-state index contributed by atoms with van der Waals surface area (Å²) in [5, 5.41) is 0. The van der Waals surface area contributed by atoms with Crippen molar-refractivity contribution < 1.29 is 9.53 Å². The largest absolute Gasteiger partial charge is 0.361 e. The van der Waals surface area contributed by atoms with E-state index < -0.39 is 0 Å². The molecular weight excluding hydrogens is 260 g/mol. The highest BCUT2D eigenvalue weighted by atomic mass is 16.6. The average Bonchev–Trinajstić information content (AvgIpc) is 3.21. The monoisotopic (exact) mass is 288 g/mol. The van der Waals surface area contributed by atoms with Gasteiger partial charge in [0.15, 0.2) is 5.78 Å². The normalized spacial score (nSPS) is 61.5. The highest BCUT2D eigenvalue weighted by Crippen LogP contribution is 2.68. The summed E-state index contributed by atoms with van der Waals surface area (Å²) in [4.78, 5) is 12.6. The van der Waals surface area contributed by atoms with Crippen LogP contribution < -0.4 is 0 Å². The van der Waals surface area contributed by atoms with E-state index in [2.05, 4.69) is 13.8 Å². The van der Waals surface area contributed by atoms with Gasteiger partial charge in [-0.3, -0.25) is 4.79 Å². The zero-order valence-electron chi connectivity index (χ0n) is 13.4. The minimum Gasteiger partial charge on any atom is -0.361 e. The predicted molar refractivity (Wildman–Crippen MR) is 80.8 cm³/mol. The average molecular weight is 288 g/mol. The molecule has 0 N–H and O–H groups in total. The zero-order valence-corrected chi connectivity index (χ0v) is 13.4. The Hall–Kier alpha value is -0.370. The predicted octanol–water partition coefficient (Wildman–Crippen LogP) is 3.98. The Kier molecular flexibility index (Phi) is 2.45. The summed E-state index contributed by atoms with van der Waals surface area (Å²) in [6.07, 6.45) is 11.3. The van der Waals surface area contributed by atoms with Gasteiger partial charge in [0.1, 0.15) is 6.10 Å². The molecule has 5 aliphatic rings. The molecule has 116 valence electrons. The Morgan fingerprint density at radius 1 is 1.05 bits per heavy atom. The Labute approximate surface area is 128 Å². The summed E-state index contributed by atoms with van der Waals surface area (Å²) in [6.45, 7) is 4.86. The summed E-state index contributed by atoms with van der Waals surface area (Å²) in [7, 11) is 0. The standard InChI is InChI=1S/C19H28O2/c1-18-9-4-3-5-11(18)6-7-12-13(18)8-10-19(2)14(12)15-16(21-15)17(19)20/h11-16H,3-10H2,1-2H3/t11-,12?,13?,14?,15-,16-,18?,19-/m1/s1. The van der Waals surface area contributed by atoms with Gasteiger partial charge in [-0.1, -0.05) is 26.7 Å². The summed E-state index contributed by atoms with van der Waals surface area (Å²) in [6, 6.07) is 0. The van der Waals surface area contributed by atoms with E-state index >= 15 is 0 Å². The molecular formula is C19H28O2. The molecule has 4 aliphatic carbocycles. The van der Waals surface area contributed by atoms with Gasteiger partial charge in [-0.2, -0.15) is 0 Å². The van der Waals surface area contributed by atoms with E-state index in [1.54, 1.807) is 0 Å². The molecule has 1 saturated heterocycles. The number of Topliss-reactive ketones (excluding diaryl/α,β-unsaturated/α-hetero) is 1. The van der Waals surface area contributed by atoms with E-state index in [0.29, 0.717) is 23.2 Å². The van der Waals surface area contributed by atoms with Gasteiger partial charge in [-0.05, 0) is 61.7 Å². The van der Waals surface area contributed by atoms with Crippen LogP contribution in [0, 0.1) is 34.5 Å². The Balaban J connectivity index is 1.52. The summed E-state index contributed by atoms with van der Waals surface area (Å²) >= 11 is 0. The molecule has 2 heteroatoms. The Morgan fingerprint density at radius 3 is 2.76 bits per heavy atom. The first-order chi connectivity index (χ1) is 10.1. The van der Waals surface area contributed by atoms with Crippen molar-refractivity contribution in [2.75, 3.05) is 0 Å². The second-order valence-electron chi connectivity index (χ2n) is 9.16. The summed E-state index contributed by atoms with van der Waals surface area (Å²) < 4.78 is 5.77. The van der Waals surface area contributed by atoms with E-state index in [9.17, 15) is 4.79 Å². The fraction of sp³-hybridized carbons (Fsp3) is 0.947. The van der Waals surface area contributed by atoms with E-state index in [4.69, 9.17) is 4.74 Å². The van der Waals surface area contributed by atoms with Gasteiger partial charge in [-0.25, -0.2) is 0 Å². The number of fused-ring (bicyclic) bond motifs is 7. The number of hydrogen-bond donors (Lipinski definition) is 0. The molecule has 4 saturated carbocycles. The first-order valence-electron chi connectivity index (χ1n) is 9.25. The van der Waals surface area contributed by atoms with E-state index in [1.165, 1.54) is 44.9 Å². The first kappa shape index (κ1) is 13.1. The lowest BCUT2D eigenvalue weighted by molar-refractivity contribution is -0.149. The van der Waals surface area contributed by atoms with E-state index in [-0.39, 0.29) is 11.5 Å². The molecule has 0 spiro atoms. The number of ether oxygens (including phenoxy) is 1. The van der Waals surface area contributed by atoms with Crippen LogP contribution in [0.3, 0.4) is 0 Å². The van der Waals surface area contributed by atoms with E-state index in [1.807, 2.05) is 0 Å². The third kappa shape index (κ3) is 1.46. The number of rotatable bonds is 0. The van der Waals surface area contributed by atoms with Crippen molar-refractivity contribution in [3.05, 3.63) is 0 Å². The SMILES string of the molecule is CC12CCCC[C@@H]1CCC1C2CC[C@@]2(C)C(=O)[C@@H]3O[C@@H]3C12. The number of epoxide rings is 1. The molecule has 4 unspecified atom stereocenters. The van der Waals surface area contributed by atoms with Crippen molar-refractivity contribution in [3.63, 3.8) is 0 Å². The minimum absolute atomic E-state index is 0.00404. The lowest BCUT2D eigenvalue weighted by Gasteiger charge is -2.59. The molecule has 5 fully saturated rings. The molecule has 1 heterocycles. The van der Waals surface area contributed by atoms with Crippen molar-refractivity contribution in [2.24, 2.45) is 34.5 Å². The van der Waals surface area contributed by atoms with Crippen LogP contribution in [0.5, 0.6) is 0 Å². The second-order valence-corrected chi connectivity index (χ2v) is 9.16. The lowest BCUT2D eigenvalue weighted by Crippen LogP contribution is -2.54. The highest BCUT2D eigenvalue weighted by molar-refractivity contribution is 5.94. The number of ketones is 1. The fourth-order valence-corrected chi connectivity index (χ4v) is 7.37. The molecule has 0 radical (unpaired) electrons. The number of hydrogen-bond acceptors (Lipinski definition) is 2. The van der Waals surface area contributed by atoms with Crippen molar-refractivity contribution in [1.82, 2.24) is 0 Å². The van der Waals surface area contributed by atoms with Crippen LogP contribution in [0.15, 0.2) is 0 Å². The van der Waals surface area contributed by atoms with Crippen molar-refractivity contribution in [2.45, 2.75) is 77.4 Å². The zero-order chi connectivity index (χ0) is 14.4. The third-order valence-electron chi connectivity index (χ3n) is 8.54. The van der Waals surface area contributed by atoms with Gasteiger partial charge in [-0.15, -0.1) is 0 Å². The van der Waals surface area contributed by atoms with Gasteiger partial charge < -0.3 is 4.74 Å².